The summed E-state index contributed by atoms with van der Waals surface area (Å²) < 4.78 is 0. The monoisotopic (exact) mass is 254 g/mol. The number of nitrogens with zero attached hydrogens (tertiary/aromatic N) is 1. The minimum Gasteiger partial charge on any atom is -0.395 e. The van der Waals surface area contributed by atoms with Gasteiger partial charge in [-0.3, -0.25) is 4.90 Å². The number of hydrogen-bond acceptors (Lipinski definition) is 3. The third kappa shape index (κ3) is 3.46. The van der Waals surface area contributed by atoms with Crippen LogP contribution in [0.25, 0.3) is 0 Å². The molecule has 3 heteroatoms. The molecule has 1 heterocycles. The summed E-state index contributed by atoms with van der Waals surface area (Å²) in [6.07, 6.45) is 9.21. The molecule has 1 saturated heterocycles. The molecule has 18 heavy (non-hydrogen) atoms. The molecule has 0 radical (unpaired) electrons. The molecular formula is C15H30N2O. The first-order valence-electron chi connectivity index (χ1n) is 7.85. The molecule has 2 N–H and O–H groups in total. The molecule has 0 amide bonds. The van der Waals surface area contributed by atoms with Crippen LogP contribution in [-0.4, -0.2) is 48.8 Å². The highest BCUT2D eigenvalue weighted by Gasteiger charge is 2.37. The Labute approximate surface area is 112 Å². The van der Waals surface area contributed by atoms with Gasteiger partial charge in [-0.05, 0) is 50.6 Å². The van der Waals surface area contributed by atoms with Gasteiger partial charge in [0.05, 0.1) is 6.61 Å². The van der Waals surface area contributed by atoms with Gasteiger partial charge in [-0.25, -0.2) is 0 Å². The second kappa shape index (κ2) is 6.88. The van der Waals surface area contributed by atoms with E-state index in [1.807, 2.05) is 0 Å². The standard InChI is InChI=1S/C15H30N2O/c1-2-9-16-12-15(7-3-4-8-15)13-17-10-5-6-14(17)11-18/h14,16,18H,2-13H2,1H3. The van der Waals surface area contributed by atoms with E-state index < -0.39 is 0 Å². The van der Waals surface area contributed by atoms with Gasteiger partial charge in [0, 0.05) is 19.1 Å². The molecule has 0 spiro atoms. The van der Waals surface area contributed by atoms with Crippen LogP contribution in [0, 0.1) is 5.41 Å². The van der Waals surface area contributed by atoms with Crippen molar-refractivity contribution >= 4 is 0 Å². The summed E-state index contributed by atoms with van der Waals surface area (Å²) in [7, 11) is 0. The summed E-state index contributed by atoms with van der Waals surface area (Å²) >= 11 is 0. The Morgan fingerprint density at radius 3 is 2.72 bits per heavy atom. The molecule has 1 aliphatic carbocycles. The Hall–Kier alpha value is -0.120. The second-order valence-corrected chi connectivity index (χ2v) is 6.33. The van der Waals surface area contributed by atoms with Crippen molar-refractivity contribution in [3.8, 4) is 0 Å². The fourth-order valence-corrected chi connectivity index (χ4v) is 3.79. The SMILES string of the molecule is CCCNCC1(CN2CCCC2CO)CCCC1. The first-order chi connectivity index (χ1) is 8.79. The normalized spacial score (nSPS) is 28.0. The van der Waals surface area contributed by atoms with Crippen LogP contribution in [0.2, 0.25) is 0 Å². The highest BCUT2D eigenvalue weighted by molar-refractivity contribution is 4.92. The van der Waals surface area contributed by atoms with Crippen molar-refractivity contribution in [2.45, 2.75) is 57.9 Å². The summed E-state index contributed by atoms with van der Waals surface area (Å²) in [4.78, 5) is 2.55. The zero-order chi connectivity index (χ0) is 12.8. The predicted molar refractivity (Wildman–Crippen MR) is 75.7 cm³/mol. The molecule has 0 aromatic rings. The van der Waals surface area contributed by atoms with Crippen molar-refractivity contribution in [3.05, 3.63) is 0 Å². The quantitative estimate of drug-likeness (QED) is 0.682. The van der Waals surface area contributed by atoms with Crippen molar-refractivity contribution in [2.75, 3.05) is 32.8 Å². The van der Waals surface area contributed by atoms with E-state index in [2.05, 4.69) is 17.1 Å². The maximum atomic E-state index is 9.45. The lowest BCUT2D eigenvalue weighted by Crippen LogP contribution is -2.45. The summed E-state index contributed by atoms with van der Waals surface area (Å²) in [5.74, 6) is 0. The van der Waals surface area contributed by atoms with Crippen molar-refractivity contribution in [2.24, 2.45) is 5.41 Å². The van der Waals surface area contributed by atoms with Gasteiger partial charge in [-0.15, -0.1) is 0 Å². The summed E-state index contributed by atoms with van der Waals surface area (Å²) in [6, 6.07) is 0.439. The predicted octanol–water partition coefficient (Wildman–Crippen LogP) is 2.00. The van der Waals surface area contributed by atoms with Crippen LogP contribution in [0.5, 0.6) is 0 Å². The van der Waals surface area contributed by atoms with Crippen molar-refractivity contribution in [1.29, 1.82) is 0 Å². The summed E-state index contributed by atoms with van der Waals surface area (Å²) in [5, 5.41) is 13.1. The van der Waals surface area contributed by atoms with E-state index in [1.54, 1.807) is 0 Å². The lowest BCUT2D eigenvalue weighted by Gasteiger charge is -2.36. The number of aliphatic hydroxyl groups excluding tert-OH is 1. The fourth-order valence-electron chi connectivity index (χ4n) is 3.79. The number of likely N-dealkylation sites (tertiary alicyclic amines) is 1. The van der Waals surface area contributed by atoms with Gasteiger partial charge in [0.2, 0.25) is 0 Å². The number of hydrogen-bond donors (Lipinski definition) is 2. The fraction of sp³-hybridized carbons (Fsp3) is 1.00. The first kappa shape index (κ1) is 14.3. The molecule has 1 saturated carbocycles. The molecule has 1 aliphatic heterocycles. The third-order valence-electron chi connectivity index (χ3n) is 4.84. The van der Waals surface area contributed by atoms with Gasteiger partial charge in [-0.1, -0.05) is 19.8 Å². The maximum Gasteiger partial charge on any atom is 0.0586 e. The van der Waals surface area contributed by atoms with Gasteiger partial charge in [0.15, 0.2) is 0 Å². The largest absolute Gasteiger partial charge is 0.395 e. The highest BCUT2D eigenvalue weighted by atomic mass is 16.3. The molecule has 1 atom stereocenters. The first-order valence-corrected chi connectivity index (χ1v) is 7.85. The van der Waals surface area contributed by atoms with Gasteiger partial charge < -0.3 is 10.4 Å². The molecule has 106 valence electrons. The molecular weight excluding hydrogens is 224 g/mol. The molecule has 0 aromatic carbocycles. The minimum absolute atomic E-state index is 0.346. The van der Waals surface area contributed by atoms with E-state index >= 15 is 0 Å². The van der Waals surface area contributed by atoms with E-state index in [0.717, 1.165) is 6.54 Å². The molecule has 0 bridgehead atoms. The Balaban J connectivity index is 1.88. The van der Waals surface area contributed by atoms with Crippen LogP contribution in [0.4, 0.5) is 0 Å². The van der Waals surface area contributed by atoms with E-state index in [9.17, 15) is 5.11 Å². The lowest BCUT2D eigenvalue weighted by atomic mass is 9.85. The maximum absolute atomic E-state index is 9.45. The van der Waals surface area contributed by atoms with E-state index in [0.29, 0.717) is 18.1 Å². The van der Waals surface area contributed by atoms with Crippen LogP contribution in [-0.2, 0) is 0 Å². The smallest absolute Gasteiger partial charge is 0.0586 e. The minimum atomic E-state index is 0.346. The van der Waals surface area contributed by atoms with Crippen LogP contribution in [0.1, 0.15) is 51.9 Å². The second-order valence-electron chi connectivity index (χ2n) is 6.33. The van der Waals surface area contributed by atoms with Crippen LogP contribution in [0.3, 0.4) is 0 Å². The molecule has 2 aliphatic rings. The molecule has 1 unspecified atom stereocenters. The number of rotatable bonds is 7. The average molecular weight is 254 g/mol. The van der Waals surface area contributed by atoms with Crippen LogP contribution in [0.15, 0.2) is 0 Å². The molecule has 2 rings (SSSR count). The van der Waals surface area contributed by atoms with Gasteiger partial charge >= 0.3 is 0 Å². The topological polar surface area (TPSA) is 35.5 Å². The Kier molecular flexibility index (Phi) is 5.46. The molecule has 2 fully saturated rings. The van der Waals surface area contributed by atoms with Crippen LogP contribution >= 0.6 is 0 Å². The van der Waals surface area contributed by atoms with Gasteiger partial charge in [0.1, 0.15) is 0 Å². The van der Waals surface area contributed by atoms with Crippen LogP contribution < -0.4 is 5.32 Å². The lowest BCUT2D eigenvalue weighted by molar-refractivity contribution is 0.102. The molecule has 3 nitrogen and oxygen atoms in total. The van der Waals surface area contributed by atoms with Crippen molar-refractivity contribution in [3.63, 3.8) is 0 Å². The third-order valence-corrected chi connectivity index (χ3v) is 4.84. The number of nitrogens with one attached hydrogen (secondary N) is 1. The zero-order valence-corrected chi connectivity index (χ0v) is 12.0. The summed E-state index contributed by atoms with van der Waals surface area (Å²) in [5.41, 5.74) is 0.493. The zero-order valence-electron chi connectivity index (χ0n) is 12.0. The van der Waals surface area contributed by atoms with Gasteiger partial charge in [-0.2, -0.15) is 0 Å². The van der Waals surface area contributed by atoms with E-state index in [4.69, 9.17) is 0 Å². The van der Waals surface area contributed by atoms with Crippen molar-refractivity contribution in [1.82, 2.24) is 10.2 Å². The van der Waals surface area contributed by atoms with Crippen molar-refractivity contribution < 1.29 is 5.11 Å². The highest BCUT2D eigenvalue weighted by Crippen LogP contribution is 2.39. The van der Waals surface area contributed by atoms with E-state index in [-0.39, 0.29) is 0 Å². The van der Waals surface area contributed by atoms with E-state index in [1.165, 1.54) is 64.6 Å². The Morgan fingerprint density at radius 2 is 2.06 bits per heavy atom. The summed E-state index contributed by atoms with van der Waals surface area (Å²) in [6.45, 7) is 7.30. The Morgan fingerprint density at radius 1 is 1.28 bits per heavy atom. The molecule has 0 aromatic heterocycles. The average Bonchev–Trinajstić information content (AvgIpc) is 3.00. The number of aliphatic hydroxyl groups is 1. The Bertz CT molecular complexity index is 239. The van der Waals surface area contributed by atoms with Gasteiger partial charge in [0.25, 0.3) is 0 Å².